The molecule has 4 fully saturated rings. The van der Waals surface area contributed by atoms with Crippen LogP contribution in [-0.2, 0) is 4.84 Å². The van der Waals surface area contributed by atoms with Crippen LogP contribution in [0.2, 0.25) is 0 Å². The first-order chi connectivity index (χ1) is 15.5. The lowest BCUT2D eigenvalue weighted by Crippen LogP contribution is -2.61. The average Bonchev–Trinajstić information content (AvgIpc) is 3.06. The normalized spacial score (nSPS) is 45.7. The molecule has 188 valence electrons. The molecule has 0 aliphatic heterocycles. The van der Waals surface area contributed by atoms with E-state index >= 15 is 0 Å². The van der Waals surface area contributed by atoms with Crippen LogP contribution < -0.4 is 0 Å². The molecule has 0 bridgehead atoms. The first kappa shape index (κ1) is 25.2. The van der Waals surface area contributed by atoms with Gasteiger partial charge in [-0.1, -0.05) is 19.0 Å². The summed E-state index contributed by atoms with van der Waals surface area (Å²) >= 11 is 0. The lowest BCUT2D eigenvalue weighted by atomic mass is 9.43. The Morgan fingerprint density at radius 1 is 1.03 bits per heavy atom. The first-order valence-electron chi connectivity index (χ1n) is 13.5. The number of fused-ring (bicyclic) bond motifs is 5. The van der Waals surface area contributed by atoms with Gasteiger partial charge < -0.3 is 20.0 Å². The number of nitrogens with zero attached hydrogens (tertiary/aromatic N) is 2. The fourth-order valence-electron chi connectivity index (χ4n) is 8.44. The SMILES string of the molecule is CC(C=NOCCCN(C)C)=C[C@]1(O)CC[C@@]2(C)[C@H](CC[C@@H]3[C@@H]2CC[C@]2(C)CCC[C@]32O)C1. The molecule has 0 unspecified atom stereocenters. The predicted octanol–water partition coefficient (Wildman–Crippen LogP) is 5.17. The van der Waals surface area contributed by atoms with Crippen molar-refractivity contribution in [1.82, 2.24) is 4.90 Å². The van der Waals surface area contributed by atoms with Gasteiger partial charge in [0.1, 0.15) is 6.61 Å². The van der Waals surface area contributed by atoms with Crippen molar-refractivity contribution in [2.75, 3.05) is 27.2 Å². The number of aliphatic hydroxyl groups is 2. The Hall–Kier alpha value is -0.910. The highest BCUT2D eigenvalue weighted by Gasteiger charge is 2.65. The van der Waals surface area contributed by atoms with Crippen LogP contribution in [0, 0.1) is 28.6 Å². The molecule has 33 heavy (non-hydrogen) atoms. The molecular formula is C28H48N2O3. The highest BCUT2D eigenvalue weighted by molar-refractivity contribution is 5.77. The van der Waals surface area contributed by atoms with Gasteiger partial charge in [0.05, 0.1) is 17.4 Å². The standard InChI is InChI=1S/C28H48N2O3/c1-21(20-29-33-17-7-16-30(4)5)18-27(31)15-14-26(3)22(19-27)8-9-24-23(26)10-13-25(2)11-6-12-28(24,25)32/h18,20,22-24,31-32H,6-17,19H2,1-5H3/t22-,23+,24-,25+,26+,27-,28+/m1/s1. The van der Waals surface area contributed by atoms with Crippen LogP contribution in [0.1, 0.15) is 91.4 Å². The van der Waals surface area contributed by atoms with E-state index in [1.807, 2.05) is 13.0 Å². The molecular weight excluding hydrogens is 412 g/mol. The van der Waals surface area contributed by atoms with Crippen LogP contribution in [0.3, 0.4) is 0 Å². The van der Waals surface area contributed by atoms with E-state index < -0.39 is 11.2 Å². The highest BCUT2D eigenvalue weighted by Crippen LogP contribution is 2.68. The molecule has 4 rings (SSSR count). The molecule has 0 spiro atoms. The average molecular weight is 461 g/mol. The van der Waals surface area contributed by atoms with E-state index in [1.165, 1.54) is 25.7 Å². The van der Waals surface area contributed by atoms with Crippen molar-refractivity contribution in [2.24, 2.45) is 33.7 Å². The van der Waals surface area contributed by atoms with Gasteiger partial charge in [-0.3, -0.25) is 0 Å². The van der Waals surface area contributed by atoms with Crippen molar-refractivity contribution < 1.29 is 15.1 Å². The number of hydrogen-bond donors (Lipinski definition) is 2. The van der Waals surface area contributed by atoms with Gasteiger partial charge in [-0.15, -0.1) is 0 Å². The molecule has 0 amide bonds. The molecule has 4 saturated carbocycles. The summed E-state index contributed by atoms with van der Waals surface area (Å²) in [6.07, 6.45) is 15.4. The van der Waals surface area contributed by atoms with Crippen molar-refractivity contribution in [3.63, 3.8) is 0 Å². The minimum Gasteiger partial charge on any atom is -0.396 e. The summed E-state index contributed by atoms with van der Waals surface area (Å²) in [5.74, 6) is 1.56. The van der Waals surface area contributed by atoms with Gasteiger partial charge >= 0.3 is 0 Å². The van der Waals surface area contributed by atoms with Gasteiger partial charge in [0.15, 0.2) is 0 Å². The molecule has 5 heteroatoms. The smallest absolute Gasteiger partial charge is 0.118 e. The largest absolute Gasteiger partial charge is 0.396 e. The zero-order valence-electron chi connectivity index (χ0n) is 21.8. The third-order valence-corrected chi connectivity index (χ3v) is 10.4. The van der Waals surface area contributed by atoms with Gasteiger partial charge in [0, 0.05) is 6.54 Å². The highest BCUT2D eigenvalue weighted by atomic mass is 16.6. The van der Waals surface area contributed by atoms with E-state index in [9.17, 15) is 10.2 Å². The summed E-state index contributed by atoms with van der Waals surface area (Å²) in [5.41, 5.74) is 0.111. The van der Waals surface area contributed by atoms with E-state index in [0.717, 1.165) is 57.1 Å². The van der Waals surface area contributed by atoms with Crippen molar-refractivity contribution in [3.05, 3.63) is 11.6 Å². The lowest BCUT2D eigenvalue weighted by Gasteiger charge is -2.63. The molecule has 0 saturated heterocycles. The van der Waals surface area contributed by atoms with Crippen LogP contribution in [0.4, 0.5) is 0 Å². The van der Waals surface area contributed by atoms with Crippen molar-refractivity contribution in [2.45, 2.75) is 103 Å². The van der Waals surface area contributed by atoms with Gasteiger partial charge in [0.25, 0.3) is 0 Å². The third-order valence-electron chi connectivity index (χ3n) is 10.4. The maximum absolute atomic E-state index is 11.9. The quantitative estimate of drug-likeness (QED) is 0.313. The molecule has 2 N–H and O–H groups in total. The second-order valence-corrected chi connectivity index (χ2v) is 12.8. The molecule has 5 nitrogen and oxygen atoms in total. The summed E-state index contributed by atoms with van der Waals surface area (Å²) in [6, 6.07) is 0. The topological polar surface area (TPSA) is 65.3 Å². The zero-order valence-corrected chi connectivity index (χ0v) is 21.8. The monoisotopic (exact) mass is 460 g/mol. The summed E-state index contributed by atoms with van der Waals surface area (Å²) in [6.45, 7) is 8.44. The van der Waals surface area contributed by atoms with Crippen molar-refractivity contribution >= 4 is 6.21 Å². The summed E-state index contributed by atoms with van der Waals surface area (Å²) in [5, 5.41) is 27.5. The minimum atomic E-state index is -0.758. The Balaban J connectivity index is 1.39. The number of rotatable bonds is 7. The van der Waals surface area contributed by atoms with E-state index in [1.54, 1.807) is 6.21 Å². The Morgan fingerprint density at radius 2 is 1.82 bits per heavy atom. The van der Waals surface area contributed by atoms with Gasteiger partial charge in [-0.05, 0) is 132 Å². The molecule has 0 aromatic heterocycles. The van der Waals surface area contributed by atoms with Gasteiger partial charge in [0.2, 0.25) is 0 Å². The Labute approximate surface area is 201 Å². The van der Waals surface area contributed by atoms with E-state index in [4.69, 9.17) is 4.84 Å². The second-order valence-electron chi connectivity index (χ2n) is 12.8. The molecule has 4 aliphatic carbocycles. The summed E-state index contributed by atoms with van der Waals surface area (Å²) in [4.78, 5) is 7.52. The van der Waals surface area contributed by atoms with Crippen LogP contribution in [-0.4, -0.2) is 59.8 Å². The Bertz CT molecular complexity index is 766. The van der Waals surface area contributed by atoms with Crippen LogP contribution in [0.15, 0.2) is 16.8 Å². The summed E-state index contributed by atoms with van der Waals surface area (Å²) in [7, 11) is 4.11. The van der Waals surface area contributed by atoms with E-state index in [2.05, 4.69) is 38.0 Å². The van der Waals surface area contributed by atoms with E-state index in [0.29, 0.717) is 24.4 Å². The molecule has 0 aromatic carbocycles. The van der Waals surface area contributed by atoms with Crippen LogP contribution >= 0.6 is 0 Å². The molecule has 4 aliphatic rings. The van der Waals surface area contributed by atoms with Crippen molar-refractivity contribution in [1.29, 1.82) is 0 Å². The Morgan fingerprint density at radius 3 is 2.58 bits per heavy atom. The maximum atomic E-state index is 11.9. The first-order valence-corrected chi connectivity index (χ1v) is 13.5. The third kappa shape index (κ3) is 4.67. The number of allylic oxidation sites excluding steroid dienone is 1. The predicted molar refractivity (Wildman–Crippen MR) is 134 cm³/mol. The summed E-state index contributed by atoms with van der Waals surface area (Å²) < 4.78 is 0. The van der Waals surface area contributed by atoms with Crippen LogP contribution in [0.5, 0.6) is 0 Å². The maximum Gasteiger partial charge on any atom is 0.118 e. The zero-order chi connectivity index (χ0) is 23.9. The van der Waals surface area contributed by atoms with Crippen LogP contribution in [0.25, 0.3) is 0 Å². The molecule has 0 heterocycles. The molecule has 0 radical (unpaired) electrons. The van der Waals surface area contributed by atoms with Gasteiger partial charge in [-0.25, -0.2) is 0 Å². The van der Waals surface area contributed by atoms with Gasteiger partial charge in [-0.2, -0.15) is 0 Å². The van der Waals surface area contributed by atoms with Crippen molar-refractivity contribution in [3.8, 4) is 0 Å². The molecule has 0 aromatic rings. The minimum absolute atomic E-state index is 0.125. The lowest BCUT2D eigenvalue weighted by molar-refractivity contribution is -0.206. The molecule has 7 atom stereocenters. The fraction of sp³-hybridized carbons (Fsp3) is 0.893. The van der Waals surface area contributed by atoms with E-state index in [-0.39, 0.29) is 10.8 Å². The Kier molecular flexibility index (Phi) is 7.08. The number of hydrogen-bond acceptors (Lipinski definition) is 5. The number of oxime groups is 1. The second kappa shape index (κ2) is 9.28. The fourth-order valence-corrected chi connectivity index (χ4v) is 8.44.